The van der Waals surface area contributed by atoms with E-state index < -0.39 is 0 Å². The van der Waals surface area contributed by atoms with Crippen LogP contribution >= 0.6 is 0 Å². The number of rotatable bonds is 2. The van der Waals surface area contributed by atoms with Crippen LogP contribution in [-0.2, 0) is 12.8 Å². The van der Waals surface area contributed by atoms with E-state index in [0.717, 1.165) is 35.1 Å². The van der Waals surface area contributed by atoms with Gasteiger partial charge >= 0.3 is 0 Å². The number of benzene rings is 4. The van der Waals surface area contributed by atoms with Crippen molar-refractivity contribution in [2.24, 2.45) is 0 Å². The van der Waals surface area contributed by atoms with Crippen molar-refractivity contribution >= 4 is 10.8 Å². The highest BCUT2D eigenvalue weighted by atomic mass is 16.5. The van der Waals surface area contributed by atoms with Crippen molar-refractivity contribution in [1.82, 2.24) is 0 Å². The predicted molar refractivity (Wildman–Crippen MR) is 120 cm³/mol. The third-order valence-electron chi connectivity index (χ3n) is 6.53. The van der Waals surface area contributed by atoms with Gasteiger partial charge in [-0.3, -0.25) is 0 Å². The van der Waals surface area contributed by atoms with E-state index in [9.17, 15) is 0 Å². The van der Waals surface area contributed by atoms with Crippen LogP contribution in [0.1, 0.15) is 45.6 Å². The molecule has 30 heavy (non-hydrogen) atoms. The van der Waals surface area contributed by atoms with E-state index in [-0.39, 0.29) is 12.2 Å². The fourth-order valence-corrected chi connectivity index (χ4v) is 4.85. The Kier molecular flexibility index (Phi) is 3.89. The van der Waals surface area contributed by atoms with Crippen molar-refractivity contribution in [2.75, 3.05) is 0 Å². The second kappa shape index (κ2) is 6.63. The van der Waals surface area contributed by atoms with Crippen molar-refractivity contribution in [2.45, 2.75) is 38.9 Å². The lowest BCUT2D eigenvalue weighted by molar-refractivity contribution is 0.239. The van der Waals surface area contributed by atoms with Crippen LogP contribution in [0.5, 0.6) is 11.5 Å². The number of fused-ring (bicyclic) bond motifs is 6. The average Bonchev–Trinajstić information content (AvgIpc) is 3.40. The molecule has 0 unspecified atom stereocenters. The van der Waals surface area contributed by atoms with E-state index in [0.29, 0.717) is 0 Å². The van der Waals surface area contributed by atoms with Crippen molar-refractivity contribution in [3.05, 3.63) is 106 Å². The lowest BCUT2D eigenvalue weighted by atomic mass is 9.92. The Morgan fingerprint density at radius 1 is 0.567 bits per heavy atom. The minimum atomic E-state index is 0.0638. The van der Waals surface area contributed by atoms with Crippen molar-refractivity contribution in [3.8, 4) is 11.5 Å². The summed E-state index contributed by atoms with van der Waals surface area (Å²) in [5, 5.41) is 2.32. The first-order valence-corrected chi connectivity index (χ1v) is 10.7. The minimum Gasteiger partial charge on any atom is -0.484 e. The smallest absolute Gasteiger partial charge is 0.131 e. The van der Waals surface area contributed by atoms with Crippen LogP contribution in [0.25, 0.3) is 10.8 Å². The van der Waals surface area contributed by atoms with Crippen LogP contribution < -0.4 is 9.47 Å². The maximum Gasteiger partial charge on any atom is 0.131 e. The SMILES string of the molecule is Cc1ccc([C@@H]2Cc3c4c(c5ccccc5c3O2)O[C@H](c2ccc(C)cc2)C4)cc1. The fraction of sp³-hybridized carbons (Fsp3) is 0.214. The second-order valence-corrected chi connectivity index (χ2v) is 8.60. The molecule has 2 aliphatic rings. The van der Waals surface area contributed by atoms with Crippen LogP contribution in [0.2, 0.25) is 0 Å². The summed E-state index contributed by atoms with van der Waals surface area (Å²) in [7, 11) is 0. The van der Waals surface area contributed by atoms with Crippen LogP contribution in [0, 0.1) is 13.8 Å². The van der Waals surface area contributed by atoms with E-state index in [2.05, 4.69) is 86.6 Å². The highest BCUT2D eigenvalue weighted by Gasteiger charge is 2.36. The Morgan fingerprint density at radius 2 is 0.967 bits per heavy atom. The lowest BCUT2D eigenvalue weighted by Gasteiger charge is -2.14. The molecule has 6 rings (SSSR count). The predicted octanol–water partition coefficient (Wildman–Crippen LogP) is 6.81. The van der Waals surface area contributed by atoms with Gasteiger partial charge in [-0.25, -0.2) is 0 Å². The monoisotopic (exact) mass is 392 g/mol. The van der Waals surface area contributed by atoms with Gasteiger partial charge in [0.1, 0.15) is 23.7 Å². The first kappa shape index (κ1) is 17.6. The molecule has 2 heterocycles. The second-order valence-electron chi connectivity index (χ2n) is 8.60. The Labute approximate surface area is 177 Å². The Balaban J connectivity index is 1.45. The lowest BCUT2D eigenvalue weighted by Crippen LogP contribution is -2.04. The maximum absolute atomic E-state index is 6.57. The van der Waals surface area contributed by atoms with Gasteiger partial charge in [-0.05, 0) is 25.0 Å². The molecule has 0 N–H and O–H groups in total. The quantitative estimate of drug-likeness (QED) is 0.373. The first-order chi connectivity index (χ1) is 14.7. The van der Waals surface area contributed by atoms with Gasteiger partial charge in [-0.15, -0.1) is 0 Å². The maximum atomic E-state index is 6.57. The molecular formula is C28H24O2. The zero-order valence-electron chi connectivity index (χ0n) is 17.3. The summed E-state index contributed by atoms with van der Waals surface area (Å²) < 4.78 is 13.1. The van der Waals surface area contributed by atoms with Gasteiger partial charge in [0, 0.05) is 34.7 Å². The molecule has 0 saturated carbocycles. The van der Waals surface area contributed by atoms with Crippen LogP contribution in [0.4, 0.5) is 0 Å². The summed E-state index contributed by atoms with van der Waals surface area (Å²) in [4.78, 5) is 0. The summed E-state index contributed by atoms with van der Waals surface area (Å²) in [6, 6.07) is 25.9. The Morgan fingerprint density at radius 3 is 1.37 bits per heavy atom. The molecule has 0 saturated heterocycles. The molecule has 0 amide bonds. The van der Waals surface area contributed by atoms with Gasteiger partial charge < -0.3 is 9.47 Å². The summed E-state index contributed by atoms with van der Waals surface area (Å²) >= 11 is 0. The third kappa shape index (κ3) is 2.71. The Hall–Kier alpha value is -3.26. The van der Waals surface area contributed by atoms with Crippen molar-refractivity contribution in [1.29, 1.82) is 0 Å². The standard InChI is InChI=1S/C28H24O2/c1-17-7-11-19(12-8-17)25-15-23-24-16-26(20-13-9-18(2)10-14-20)30-28(24)22-6-4-3-5-21(22)27(23)29-25/h3-14,25-26H,15-16H2,1-2H3/t25-,26-/m0/s1. The number of aryl methyl sites for hydroxylation is 2. The summed E-state index contributed by atoms with van der Waals surface area (Å²) in [5.74, 6) is 2.09. The summed E-state index contributed by atoms with van der Waals surface area (Å²) in [5.41, 5.74) is 7.67. The molecule has 0 fully saturated rings. The Bertz CT molecular complexity index is 1150. The zero-order chi connectivity index (χ0) is 20.2. The molecule has 4 aromatic rings. The first-order valence-electron chi connectivity index (χ1n) is 10.7. The molecule has 0 radical (unpaired) electrons. The topological polar surface area (TPSA) is 18.5 Å². The highest BCUT2D eigenvalue weighted by molar-refractivity contribution is 5.97. The summed E-state index contributed by atoms with van der Waals surface area (Å²) in [6.45, 7) is 4.24. The minimum absolute atomic E-state index is 0.0638. The largest absolute Gasteiger partial charge is 0.484 e. The molecule has 2 heteroatoms. The van der Waals surface area contributed by atoms with Gasteiger partial charge in [0.05, 0.1) is 0 Å². The third-order valence-corrected chi connectivity index (χ3v) is 6.53. The molecular weight excluding hydrogens is 368 g/mol. The molecule has 0 aliphatic carbocycles. The molecule has 2 aliphatic heterocycles. The van der Waals surface area contributed by atoms with Crippen LogP contribution in [0.3, 0.4) is 0 Å². The molecule has 2 nitrogen and oxygen atoms in total. The number of hydrogen-bond donors (Lipinski definition) is 0. The molecule has 2 atom stereocenters. The van der Waals surface area contributed by atoms with Crippen LogP contribution in [-0.4, -0.2) is 0 Å². The van der Waals surface area contributed by atoms with E-state index in [4.69, 9.17) is 9.47 Å². The number of ether oxygens (including phenoxy) is 2. The summed E-state index contributed by atoms with van der Waals surface area (Å²) in [6.07, 6.45) is 1.92. The van der Waals surface area contributed by atoms with E-state index in [1.165, 1.54) is 33.4 Å². The zero-order valence-corrected chi connectivity index (χ0v) is 17.3. The van der Waals surface area contributed by atoms with Crippen molar-refractivity contribution in [3.63, 3.8) is 0 Å². The number of hydrogen-bond acceptors (Lipinski definition) is 2. The van der Waals surface area contributed by atoms with Gasteiger partial charge in [0.25, 0.3) is 0 Å². The van der Waals surface area contributed by atoms with Gasteiger partial charge in [0.15, 0.2) is 0 Å². The van der Waals surface area contributed by atoms with E-state index in [1.54, 1.807) is 0 Å². The van der Waals surface area contributed by atoms with E-state index in [1.807, 2.05) is 0 Å². The van der Waals surface area contributed by atoms with Gasteiger partial charge in [-0.1, -0.05) is 83.9 Å². The molecule has 0 spiro atoms. The van der Waals surface area contributed by atoms with E-state index >= 15 is 0 Å². The normalized spacial score (nSPS) is 19.3. The molecule has 148 valence electrons. The fourth-order valence-electron chi connectivity index (χ4n) is 4.85. The van der Waals surface area contributed by atoms with Crippen molar-refractivity contribution < 1.29 is 9.47 Å². The van der Waals surface area contributed by atoms with Crippen LogP contribution in [0.15, 0.2) is 72.8 Å². The van der Waals surface area contributed by atoms with Gasteiger partial charge in [-0.2, -0.15) is 0 Å². The highest BCUT2D eigenvalue weighted by Crippen LogP contribution is 2.52. The molecule has 4 aromatic carbocycles. The van der Waals surface area contributed by atoms with Gasteiger partial charge in [0.2, 0.25) is 0 Å². The average molecular weight is 392 g/mol. The molecule has 0 aromatic heterocycles. The molecule has 0 bridgehead atoms.